The number of nitro benzene ring substituents is 1. The lowest BCUT2D eigenvalue weighted by molar-refractivity contribution is -0.385. The van der Waals surface area contributed by atoms with Gasteiger partial charge in [0.05, 0.1) is 21.8 Å². The summed E-state index contributed by atoms with van der Waals surface area (Å²) in [7, 11) is -4.00. The Morgan fingerprint density at radius 1 is 1.21 bits per heavy atom. The van der Waals surface area contributed by atoms with Crippen LogP contribution in [0, 0.1) is 10.1 Å². The van der Waals surface area contributed by atoms with Crippen molar-refractivity contribution in [3.05, 3.63) is 62.7 Å². The second-order valence-corrected chi connectivity index (χ2v) is 7.54. The zero-order valence-electron chi connectivity index (χ0n) is 13.8. The Kier molecular flexibility index (Phi) is 5.85. The van der Waals surface area contributed by atoms with E-state index in [1.165, 1.54) is 0 Å². The van der Waals surface area contributed by atoms with Crippen molar-refractivity contribution in [1.29, 1.82) is 0 Å². The van der Waals surface area contributed by atoms with Gasteiger partial charge in [0.2, 0.25) is 10.0 Å². The maximum absolute atomic E-state index is 12.7. The molecule has 0 atom stereocenters. The molecule has 0 heterocycles. The van der Waals surface area contributed by atoms with Gasteiger partial charge in [-0.25, -0.2) is 13.1 Å². The van der Waals surface area contributed by atoms with E-state index in [9.17, 15) is 36.5 Å². The van der Waals surface area contributed by atoms with Gasteiger partial charge in [-0.2, -0.15) is 13.2 Å². The molecule has 150 valence electrons. The number of hydrogen-bond donors (Lipinski definition) is 1. The summed E-state index contributed by atoms with van der Waals surface area (Å²) in [6.07, 6.45) is -3.94. The first-order valence-corrected chi connectivity index (χ1v) is 9.40. The van der Waals surface area contributed by atoms with Crippen molar-refractivity contribution in [3.8, 4) is 11.5 Å². The number of nitro groups is 1. The van der Waals surface area contributed by atoms with Gasteiger partial charge >= 0.3 is 6.18 Å². The first kappa shape index (κ1) is 21.4. The van der Waals surface area contributed by atoms with E-state index in [1.807, 2.05) is 0 Å². The third kappa shape index (κ3) is 5.33. The van der Waals surface area contributed by atoms with E-state index in [1.54, 1.807) is 4.72 Å². The SMILES string of the molecule is CS(=O)(=O)NC(=O)c1cc(Oc2ccc(C(F)(F)F)cc2Cl)ccc1[N+](=O)[O-]. The number of carbonyl (C=O) groups is 1. The van der Waals surface area contributed by atoms with Gasteiger partial charge in [0.25, 0.3) is 11.6 Å². The van der Waals surface area contributed by atoms with Crippen LogP contribution in [0.1, 0.15) is 15.9 Å². The lowest BCUT2D eigenvalue weighted by atomic mass is 10.1. The molecule has 1 amide bonds. The molecule has 2 rings (SSSR count). The first-order valence-electron chi connectivity index (χ1n) is 7.13. The zero-order chi connectivity index (χ0) is 21.3. The monoisotopic (exact) mass is 438 g/mol. The molecule has 0 saturated heterocycles. The number of benzene rings is 2. The molecule has 0 bridgehead atoms. The van der Waals surface area contributed by atoms with Gasteiger partial charge in [-0.1, -0.05) is 11.6 Å². The summed E-state index contributed by atoms with van der Waals surface area (Å²) in [5, 5.41) is 10.7. The summed E-state index contributed by atoms with van der Waals surface area (Å²) in [5.74, 6) is -1.68. The predicted octanol–water partition coefficient (Wildman–Crippen LogP) is 3.75. The third-order valence-electron chi connectivity index (χ3n) is 3.17. The van der Waals surface area contributed by atoms with Crippen molar-refractivity contribution >= 4 is 33.2 Å². The van der Waals surface area contributed by atoms with E-state index < -0.39 is 48.9 Å². The van der Waals surface area contributed by atoms with Crippen LogP contribution in [0.2, 0.25) is 5.02 Å². The molecule has 8 nitrogen and oxygen atoms in total. The van der Waals surface area contributed by atoms with Crippen LogP contribution in [0.3, 0.4) is 0 Å². The number of sulfonamides is 1. The number of alkyl halides is 3. The molecule has 0 aromatic heterocycles. The average Bonchev–Trinajstić information content (AvgIpc) is 2.54. The number of halogens is 4. The molecule has 1 N–H and O–H groups in total. The van der Waals surface area contributed by atoms with Crippen LogP contribution in [0.25, 0.3) is 0 Å². The topological polar surface area (TPSA) is 116 Å². The molecule has 2 aromatic carbocycles. The van der Waals surface area contributed by atoms with Gasteiger partial charge in [0.15, 0.2) is 0 Å². The van der Waals surface area contributed by atoms with Gasteiger partial charge in [-0.15, -0.1) is 0 Å². The second-order valence-electron chi connectivity index (χ2n) is 5.38. The van der Waals surface area contributed by atoms with Crippen molar-refractivity contribution in [2.24, 2.45) is 0 Å². The molecular formula is C15H10ClF3N2O6S. The Bertz CT molecular complexity index is 1060. The minimum Gasteiger partial charge on any atom is -0.456 e. The Hall–Kier alpha value is -2.86. The molecule has 0 aliphatic rings. The molecule has 2 aromatic rings. The quantitative estimate of drug-likeness (QED) is 0.561. The molecule has 0 unspecified atom stereocenters. The summed E-state index contributed by atoms with van der Waals surface area (Å²) in [6, 6.07) is 5.09. The summed E-state index contributed by atoms with van der Waals surface area (Å²) >= 11 is 5.76. The minimum absolute atomic E-state index is 0.189. The third-order valence-corrected chi connectivity index (χ3v) is 4.03. The van der Waals surface area contributed by atoms with Crippen molar-refractivity contribution in [2.75, 3.05) is 6.26 Å². The van der Waals surface area contributed by atoms with E-state index in [-0.39, 0.29) is 11.5 Å². The summed E-state index contributed by atoms with van der Waals surface area (Å²) in [6.45, 7) is 0. The van der Waals surface area contributed by atoms with Gasteiger partial charge in [-0.05, 0) is 24.3 Å². The summed E-state index contributed by atoms with van der Waals surface area (Å²) < 4.78 is 67.2. The zero-order valence-corrected chi connectivity index (χ0v) is 15.4. The number of hydrogen-bond acceptors (Lipinski definition) is 6. The number of carbonyl (C=O) groups excluding carboxylic acids is 1. The van der Waals surface area contributed by atoms with Crippen LogP contribution in [-0.2, 0) is 16.2 Å². The summed E-state index contributed by atoms with van der Waals surface area (Å²) in [4.78, 5) is 22.2. The highest BCUT2D eigenvalue weighted by Gasteiger charge is 2.31. The van der Waals surface area contributed by atoms with Crippen LogP contribution in [0.15, 0.2) is 36.4 Å². The van der Waals surface area contributed by atoms with Gasteiger partial charge in [0.1, 0.15) is 17.1 Å². The first-order chi connectivity index (χ1) is 12.8. The molecule has 0 saturated carbocycles. The van der Waals surface area contributed by atoms with Crippen LogP contribution >= 0.6 is 11.6 Å². The van der Waals surface area contributed by atoms with Gasteiger partial charge < -0.3 is 4.74 Å². The smallest absolute Gasteiger partial charge is 0.416 e. The van der Waals surface area contributed by atoms with E-state index in [2.05, 4.69) is 0 Å². The molecule has 0 fully saturated rings. The predicted molar refractivity (Wildman–Crippen MR) is 91.9 cm³/mol. The van der Waals surface area contributed by atoms with Crippen molar-refractivity contribution in [3.63, 3.8) is 0 Å². The number of nitrogens with one attached hydrogen (secondary N) is 1. The highest BCUT2D eigenvalue weighted by molar-refractivity contribution is 7.89. The Balaban J connectivity index is 2.41. The number of ether oxygens (including phenoxy) is 1. The number of rotatable bonds is 5. The highest BCUT2D eigenvalue weighted by Crippen LogP contribution is 2.37. The lowest BCUT2D eigenvalue weighted by Crippen LogP contribution is -2.29. The molecule has 0 radical (unpaired) electrons. The fraction of sp³-hybridized carbons (Fsp3) is 0.133. The Labute approximate surface area is 161 Å². The number of nitrogens with zero attached hydrogens (tertiary/aromatic N) is 1. The standard InChI is InChI=1S/C15H10ClF3N2O6S/c1-28(25,26)20-14(22)10-7-9(3-4-12(10)21(23)24)27-13-5-2-8(6-11(13)16)15(17,18)19/h2-7H,1H3,(H,20,22). The van der Waals surface area contributed by atoms with E-state index in [4.69, 9.17) is 16.3 Å². The second kappa shape index (κ2) is 7.64. The molecule has 0 aliphatic heterocycles. The fourth-order valence-electron chi connectivity index (χ4n) is 2.03. The fourth-order valence-corrected chi connectivity index (χ4v) is 2.70. The number of amides is 1. The Morgan fingerprint density at radius 2 is 1.86 bits per heavy atom. The van der Waals surface area contributed by atoms with Crippen LogP contribution < -0.4 is 9.46 Å². The van der Waals surface area contributed by atoms with E-state index >= 15 is 0 Å². The minimum atomic E-state index is -4.62. The van der Waals surface area contributed by atoms with Crippen molar-refractivity contribution in [2.45, 2.75) is 6.18 Å². The average molecular weight is 439 g/mol. The molecule has 0 spiro atoms. The van der Waals surface area contributed by atoms with E-state index in [0.717, 1.165) is 24.3 Å². The highest BCUT2D eigenvalue weighted by atomic mass is 35.5. The molecule has 0 aliphatic carbocycles. The maximum Gasteiger partial charge on any atom is 0.416 e. The van der Waals surface area contributed by atoms with Crippen LogP contribution in [0.4, 0.5) is 18.9 Å². The van der Waals surface area contributed by atoms with Gasteiger partial charge in [0, 0.05) is 12.1 Å². The van der Waals surface area contributed by atoms with Crippen molar-refractivity contribution < 1.29 is 36.0 Å². The normalized spacial score (nSPS) is 11.8. The maximum atomic E-state index is 12.7. The molecule has 13 heteroatoms. The largest absolute Gasteiger partial charge is 0.456 e. The van der Waals surface area contributed by atoms with Crippen LogP contribution in [0.5, 0.6) is 11.5 Å². The summed E-state index contributed by atoms with van der Waals surface area (Å²) in [5.41, 5.74) is -2.34. The van der Waals surface area contributed by atoms with Crippen molar-refractivity contribution in [1.82, 2.24) is 4.72 Å². The molecule has 28 heavy (non-hydrogen) atoms. The van der Waals surface area contributed by atoms with Gasteiger partial charge in [-0.3, -0.25) is 14.9 Å². The Morgan fingerprint density at radius 3 is 2.36 bits per heavy atom. The van der Waals surface area contributed by atoms with E-state index in [0.29, 0.717) is 18.4 Å². The molecular weight excluding hydrogens is 429 g/mol. The lowest BCUT2D eigenvalue weighted by Gasteiger charge is -2.12. The van der Waals surface area contributed by atoms with Crippen LogP contribution in [-0.4, -0.2) is 25.5 Å².